The number of hydrogen-bond donors (Lipinski definition) is 3. The SMILES string of the molecule is N[C@H](NC(=O)c1ccc2nc(-c3ccc(Cl)cc3)c(CCCCC(=O)O)nc2c1)c1cccnc1. The zero-order chi connectivity index (χ0) is 24.8. The second-order valence-electron chi connectivity index (χ2n) is 8.07. The van der Waals surface area contributed by atoms with Crippen LogP contribution in [-0.4, -0.2) is 31.9 Å². The third-order valence-corrected chi connectivity index (χ3v) is 5.75. The predicted molar refractivity (Wildman–Crippen MR) is 134 cm³/mol. The molecule has 0 radical (unpaired) electrons. The van der Waals surface area contributed by atoms with E-state index in [-0.39, 0.29) is 12.3 Å². The number of amides is 1. The number of rotatable bonds is 9. The molecule has 178 valence electrons. The summed E-state index contributed by atoms with van der Waals surface area (Å²) < 4.78 is 0. The minimum absolute atomic E-state index is 0.0960. The van der Waals surface area contributed by atoms with Crippen molar-refractivity contribution in [1.29, 1.82) is 0 Å². The van der Waals surface area contributed by atoms with Gasteiger partial charge in [-0.2, -0.15) is 0 Å². The van der Waals surface area contributed by atoms with Gasteiger partial charge in [-0.1, -0.05) is 29.8 Å². The van der Waals surface area contributed by atoms with Crippen LogP contribution in [-0.2, 0) is 11.2 Å². The normalized spacial score (nSPS) is 11.8. The smallest absolute Gasteiger partial charge is 0.303 e. The van der Waals surface area contributed by atoms with Crippen molar-refractivity contribution in [3.8, 4) is 11.3 Å². The summed E-state index contributed by atoms with van der Waals surface area (Å²) >= 11 is 6.05. The fourth-order valence-corrected chi connectivity index (χ4v) is 3.81. The standard InChI is InChI=1S/C26H24ClN5O3/c27-19-10-7-16(8-11-19)24-21(5-1-2-6-23(33)34)30-22-14-17(9-12-20(22)31-24)26(35)32-25(28)18-4-3-13-29-15-18/h3-4,7-15,25H,1-2,5-6,28H2,(H,32,35)(H,33,34)/t25-/m1/s1. The van der Waals surface area contributed by atoms with Gasteiger partial charge in [-0.15, -0.1) is 0 Å². The number of halogens is 1. The van der Waals surface area contributed by atoms with Crippen LogP contribution in [0.25, 0.3) is 22.3 Å². The molecular formula is C26H24ClN5O3. The molecule has 1 atom stereocenters. The van der Waals surface area contributed by atoms with Gasteiger partial charge in [0, 0.05) is 40.5 Å². The summed E-state index contributed by atoms with van der Waals surface area (Å²) in [6.07, 6.45) is 4.37. The van der Waals surface area contributed by atoms with Crippen LogP contribution < -0.4 is 11.1 Å². The van der Waals surface area contributed by atoms with E-state index in [0.717, 1.165) is 11.3 Å². The van der Waals surface area contributed by atoms with Gasteiger partial charge in [-0.25, -0.2) is 9.97 Å². The monoisotopic (exact) mass is 489 g/mol. The van der Waals surface area contributed by atoms with Crippen molar-refractivity contribution in [1.82, 2.24) is 20.3 Å². The van der Waals surface area contributed by atoms with E-state index < -0.39 is 12.1 Å². The van der Waals surface area contributed by atoms with E-state index in [0.29, 0.717) is 52.1 Å². The summed E-state index contributed by atoms with van der Waals surface area (Å²) in [5.74, 6) is -1.16. The lowest BCUT2D eigenvalue weighted by Crippen LogP contribution is -2.34. The Labute approximate surface area is 207 Å². The molecule has 0 saturated heterocycles. The van der Waals surface area contributed by atoms with Crippen molar-refractivity contribution in [2.75, 3.05) is 0 Å². The Kier molecular flexibility index (Phi) is 7.64. The van der Waals surface area contributed by atoms with Gasteiger partial charge >= 0.3 is 5.97 Å². The number of aliphatic carboxylic acids is 1. The van der Waals surface area contributed by atoms with Gasteiger partial charge in [-0.05, 0) is 55.7 Å². The van der Waals surface area contributed by atoms with E-state index in [9.17, 15) is 9.59 Å². The largest absolute Gasteiger partial charge is 0.481 e. The fraction of sp³-hybridized carbons (Fsp3) is 0.192. The lowest BCUT2D eigenvalue weighted by atomic mass is 10.0. The number of aryl methyl sites for hydroxylation is 1. The van der Waals surface area contributed by atoms with Crippen molar-refractivity contribution < 1.29 is 14.7 Å². The number of carboxylic acid groups (broad SMARTS) is 1. The molecule has 0 bridgehead atoms. The highest BCUT2D eigenvalue weighted by atomic mass is 35.5. The first-order valence-corrected chi connectivity index (χ1v) is 11.5. The number of hydrogen-bond acceptors (Lipinski definition) is 6. The third kappa shape index (κ3) is 6.17. The first kappa shape index (κ1) is 24.3. The van der Waals surface area contributed by atoms with E-state index in [1.165, 1.54) is 0 Å². The van der Waals surface area contributed by atoms with Gasteiger partial charge in [0.1, 0.15) is 6.17 Å². The lowest BCUT2D eigenvalue weighted by Gasteiger charge is -2.14. The minimum Gasteiger partial charge on any atom is -0.481 e. The number of aromatic nitrogens is 3. The van der Waals surface area contributed by atoms with Crippen LogP contribution in [0.4, 0.5) is 0 Å². The zero-order valence-corrected chi connectivity index (χ0v) is 19.6. The first-order valence-electron chi connectivity index (χ1n) is 11.2. The van der Waals surface area contributed by atoms with Crippen molar-refractivity contribution in [3.63, 3.8) is 0 Å². The minimum atomic E-state index is -0.826. The average Bonchev–Trinajstić information content (AvgIpc) is 2.86. The molecule has 1 amide bonds. The molecule has 0 aliphatic rings. The van der Waals surface area contributed by atoms with Gasteiger partial charge < -0.3 is 16.2 Å². The van der Waals surface area contributed by atoms with Crippen LogP contribution in [0.5, 0.6) is 0 Å². The summed E-state index contributed by atoms with van der Waals surface area (Å²) in [6.45, 7) is 0. The molecule has 4 aromatic rings. The molecule has 0 fully saturated rings. The summed E-state index contributed by atoms with van der Waals surface area (Å²) in [6, 6.07) is 16.0. The van der Waals surface area contributed by atoms with E-state index in [1.54, 1.807) is 54.9 Å². The van der Waals surface area contributed by atoms with Gasteiger partial charge in [0.05, 0.1) is 22.4 Å². The third-order valence-electron chi connectivity index (χ3n) is 5.50. The Hall–Kier alpha value is -3.88. The van der Waals surface area contributed by atoms with Crippen molar-refractivity contribution in [2.24, 2.45) is 5.73 Å². The molecular weight excluding hydrogens is 466 g/mol. The Morgan fingerprint density at radius 3 is 2.54 bits per heavy atom. The number of carboxylic acids is 1. The molecule has 2 aromatic carbocycles. The van der Waals surface area contributed by atoms with Crippen LogP contribution in [0.2, 0.25) is 5.02 Å². The number of benzene rings is 2. The predicted octanol–water partition coefficient (Wildman–Crippen LogP) is 4.53. The highest BCUT2D eigenvalue weighted by molar-refractivity contribution is 6.30. The van der Waals surface area contributed by atoms with E-state index in [1.807, 2.05) is 12.1 Å². The number of pyridine rings is 1. The molecule has 8 nitrogen and oxygen atoms in total. The molecule has 0 aliphatic carbocycles. The van der Waals surface area contributed by atoms with E-state index >= 15 is 0 Å². The number of fused-ring (bicyclic) bond motifs is 1. The molecule has 4 rings (SSSR count). The number of unbranched alkanes of at least 4 members (excludes halogenated alkanes) is 1. The van der Waals surface area contributed by atoms with E-state index in [4.69, 9.17) is 32.4 Å². The molecule has 2 aromatic heterocycles. The summed E-state index contributed by atoms with van der Waals surface area (Å²) in [4.78, 5) is 37.4. The van der Waals surface area contributed by atoms with Crippen LogP contribution in [0.1, 0.15) is 47.0 Å². The molecule has 0 aliphatic heterocycles. The van der Waals surface area contributed by atoms with Gasteiger partial charge in [0.25, 0.3) is 5.91 Å². The maximum atomic E-state index is 12.8. The maximum Gasteiger partial charge on any atom is 0.303 e. The van der Waals surface area contributed by atoms with Crippen molar-refractivity contribution >= 4 is 34.5 Å². The average molecular weight is 490 g/mol. The topological polar surface area (TPSA) is 131 Å². The van der Waals surface area contributed by atoms with Crippen LogP contribution >= 0.6 is 11.6 Å². The lowest BCUT2D eigenvalue weighted by molar-refractivity contribution is -0.137. The molecule has 9 heteroatoms. The number of nitrogens with two attached hydrogens (primary N) is 1. The van der Waals surface area contributed by atoms with Gasteiger partial charge in [0.15, 0.2) is 0 Å². The molecule has 4 N–H and O–H groups in total. The maximum absolute atomic E-state index is 12.8. The van der Waals surface area contributed by atoms with Crippen LogP contribution in [0, 0.1) is 0 Å². The highest BCUT2D eigenvalue weighted by Crippen LogP contribution is 2.27. The highest BCUT2D eigenvalue weighted by Gasteiger charge is 2.16. The number of nitrogens with one attached hydrogen (secondary N) is 1. The molecule has 2 heterocycles. The first-order chi connectivity index (χ1) is 16.9. The number of nitrogens with zero attached hydrogens (tertiary/aromatic N) is 3. The van der Waals surface area contributed by atoms with Crippen molar-refractivity contribution in [3.05, 3.63) is 88.8 Å². The number of carbonyl (C=O) groups is 2. The van der Waals surface area contributed by atoms with Crippen LogP contribution in [0.3, 0.4) is 0 Å². The molecule has 0 spiro atoms. The van der Waals surface area contributed by atoms with Crippen LogP contribution in [0.15, 0.2) is 67.0 Å². The molecule has 0 unspecified atom stereocenters. The summed E-state index contributed by atoms with van der Waals surface area (Å²) in [5, 5.41) is 12.3. The Morgan fingerprint density at radius 2 is 1.83 bits per heavy atom. The Balaban J connectivity index is 1.63. The Bertz CT molecular complexity index is 1350. The summed E-state index contributed by atoms with van der Waals surface area (Å²) in [7, 11) is 0. The summed E-state index contributed by atoms with van der Waals surface area (Å²) in [5.41, 5.74) is 10.7. The quantitative estimate of drug-likeness (QED) is 0.232. The van der Waals surface area contributed by atoms with E-state index in [2.05, 4.69) is 10.3 Å². The molecule has 0 saturated carbocycles. The zero-order valence-electron chi connectivity index (χ0n) is 18.8. The Morgan fingerprint density at radius 1 is 1.03 bits per heavy atom. The molecule has 35 heavy (non-hydrogen) atoms. The second kappa shape index (κ2) is 11.0. The van der Waals surface area contributed by atoms with Crippen molar-refractivity contribution in [2.45, 2.75) is 31.8 Å². The van der Waals surface area contributed by atoms with Gasteiger partial charge in [-0.3, -0.25) is 14.6 Å². The fourth-order valence-electron chi connectivity index (χ4n) is 3.68. The number of carbonyl (C=O) groups excluding carboxylic acids is 1. The van der Waals surface area contributed by atoms with Gasteiger partial charge in [0.2, 0.25) is 0 Å². The second-order valence-corrected chi connectivity index (χ2v) is 8.50.